The van der Waals surface area contributed by atoms with E-state index < -0.39 is 0 Å². The molecule has 5 aromatic rings. The average Bonchev–Trinajstić information content (AvgIpc) is 3.13. The van der Waals surface area contributed by atoms with Crippen LogP contribution in [0, 0.1) is 0 Å². The SMILES string of the molecule is CC.Clc1nc(-c2ccccc2)nc(-c2ccc3c(c2)sc2ccccc23)n1. The minimum atomic E-state index is 0.199. The molecule has 0 saturated heterocycles. The van der Waals surface area contributed by atoms with Gasteiger partial charge in [-0.3, -0.25) is 0 Å². The van der Waals surface area contributed by atoms with Gasteiger partial charge < -0.3 is 0 Å². The number of halogens is 1. The standard InChI is InChI=1S/C21H12ClN3S.C2H6/c22-21-24-19(13-6-2-1-3-7-13)23-20(25-21)14-10-11-16-15-8-4-5-9-17(15)26-18(16)12-14;1-2/h1-12H;1-2H3. The highest BCUT2D eigenvalue weighted by Crippen LogP contribution is 2.35. The Hall–Kier alpha value is -2.82. The van der Waals surface area contributed by atoms with Crippen molar-refractivity contribution in [3.05, 3.63) is 78.1 Å². The maximum atomic E-state index is 6.17. The van der Waals surface area contributed by atoms with Crippen LogP contribution in [-0.4, -0.2) is 15.0 Å². The Morgan fingerprint density at radius 2 is 1.29 bits per heavy atom. The van der Waals surface area contributed by atoms with Gasteiger partial charge in [0.15, 0.2) is 11.6 Å². The third-order valence-corrected chi connectivity index (χ3v) is 5.58. The summed E-state index contributed by atoms with van der Waals surface area (Å²) in [5, 5.41) is 2.72. The Morgan fingerprint density at radius 3 is 2.07 bits per heavy atom. The summed E-state index contributed by atoms with van der Waals surface area (Å²) >= 11 is 7.94. The molecule has 0 N–H and O–H groups in total. The van der Waals surface area contributed by atoms with Gasteiger partial charge in [0.2, 0.25) is 5.28 Å². The fourth-order valence-electron chi connectivity index (χ4n) is 3.06. The molecular weight excluding hydrogens is 386 g/mol. The zero-order valence-electron chi connectivity index (χ0n) is 15.6. The molecule has 28 heavy (non-hydrogen) atoms. The summed E-state index contributed by atoms with van der Waals surface area (Å²) in [6.45, 7) is 4.00. The van der Waals surface area contributed by atoms with Crippen molar-refractivity contribution in [2.24, 2.45) is 0 Å². The molecule has 2 heterocycles. The molecule has 5 rings (SSSR count). The Morgan fingerprint density at radius 1 is 0.643 bits per heavy atom. The molecule has 0 saturated carbocycles. The highest BCUT2D eigenvalue weighted by atomic mass is 35.5. The van der Waals surface area contributed by atoms with E-state index in [-0.39, 0.29) is 5.28 Å². The number of hydrogen-bond donors (Lipinski definition) is 0. The summed E-state index contributed by atoms with van der Waals surface area (Å²) in [6, 6.07) is 24.5. The number of nitrogens with zero attached hydrogens (tertiary/aromatic N) is 3. The number of rotatable bonds is 2. The highest BCUT2D eigenvalue weighted by molar-refractivity contribution is 7.25. The van der Waals surface area contributed by atoms with Crippen LogP contribution in [0.5, 0.6) is 0 Å². The van der Waals surface area contributed by atoms with Crippen molar-refractivity contribution >= 4 is 43.1 Å². The number of aromatic nitrogens is 3. The molecule has 3 nitrogen and oxygen atoms in total. The first-order valence-corrected chi connectivity index (χ1v) is 10.4. The van der Waals surface area contributed by atoms with Crippen LogP contribution in [0.2, 0.25) is 5.28 Å². The summed E-state index contributed by atoms with van der Waals surface area (Å²) in [5.41, 5.74) is 1.85. The van der Waals surface area contributed by atoms with E-state index in [2.05, 4.69) is 51.4 Å². The minimum absolute atomic E-state index is 0.199. The molecule has 0 atom stereocenters. The first-order chi connectivity index (χ1) is 13.8. The van der Waals surface area contributed by atoms with Crippen LogP contribution < -0.4 is 0 Å². The van der Waals surface area contributed by atoms with Crippen molar-refractivity contribution < 1.29 is 0 Å². The molecule has 2 aromatic heterocycles. The van der Waals surface area contributed by atoms with Gasteiger partial charge in [-0.2, -0.15) is 9.97 Å². The first kappa shape index (κ1) is 18.5. The lowest BCUT2D eigenvalue weighted by Crippen LogP contribution is -1.96. The van der Waals surface area contributed by atoms with Gasteiger partial charge in [-0.1, -0.05) is 74.5 Å². The van der Waals surface area contributed by atoms with Crippen molar-refractivity contribution in [1.29, 1.82) is 0 Å². The molecule has 0 aliphatic carbocycles. The van der Waals surface area contributed by atoms with Crippen molar-refractivity contribution in [3.63, 3.8) is 0 Å². The highest BCUT2D eigenvalue weighted by Gasteiger charge is 2.11. The zero-order valence-corrected chi connectivity index (χ0v) is 17.1. The topological polar surface area (TPSA) is 38.7 Å². The largest absolute Gasteiger partial charge is 0.226 e. The smallest absolute Gasteiger partial charge is 0.208 e. The lowest BCUT2D eigenvalue weighted by atomic mass is 10.1. The Bertz CT molecular complexity index is 1250. The summed E-state index contributed by atoms with van der Waals surface area (Å²) in [5.74, 6) is 1.17. The van der Waals surface area contributed by atoms with Gasteiger partial charge in [0.1, 0.15) is 0 Å². The van der Waals surface area contributed by atoms with E-state index in [1.54, 1.807) is 11.3 Å². The normalized spacial score (nSPS) is 10.7. The second-order valence-corrected chi connectivity index (χ2v) is 7.35. The summed E-state index contributed by atoms with van der Waals surface area (Å²) < 4.78 is 2.49. The zero-order chi connectivity index (χ0) is 19.5. The van der Waals surface area contributed by atoms with Crippen LogP contribution in [0.25, 0.3) is 42.9 Å². The number of fused-ring (bicyclic) bond motifs is 3. The van der Waals surface area contributed by atoms with Crippen molar-refractivity contribution in [2.75, 3.05) is 0 Å². The van der Waals surface area contributed by atoms with Gasteiger partial charge in [0.25, 0.3) is 0 Å². The predicted octanol–water partition coefficient (Wildman–Crippen LogP) is 7.25. The number of thiophene rings is 1. The Labute approximate surface area is 172 Å². The first-order valence-electron chi connectivity index (χ1n) is 9.16. The second-order valence-electron chi connectivity index (χ2n) is 5.93. The van der Waals surface area contributed by atoms with Gasteiger partial charge >= 0.3 is 0 Å². The molecule has 3 aromatic carbocycles. The summed E-state index contributed by atoms with van der Waals surface area (Å²) in [4.78, 5) is 13.2. The van der Waals surface area contributed by atoms with E-state index in [0.717, 1.165) is 11.1 Å². The van der Waals surface area contributed by atoms with Crippen molar-refractivity contribution in [2.45, 2.75) is 13.8 Å². The van der Waals surface area contributed by atoms with Crippen LogP contribution in [0.1, 0.15) is 13.8 Å². The van der Waals surface area contributed by atoms with Crippen LogP contribution in [-0.2, 0) is 0 Å². The Balaban J connectivity index is 0.000000932. The molecule has 138 valence electrons. The van der Waals surface area contributed by atoms with Crippen LogP contribution >= 0.6 is 22.9 Å². The van der Waals surface area contributed by atoms with Crippen LogP contribution in [0.15, 0.2) is 72.8 Å². The molecule has 0 aliphatic heterocycles. The van der Waals surface area contributed by atoms with Crippen molar-refractivity contribution in [3.8, 4) is 22.8 Å². The fourth-order valence-corrected chi connectivity index (χ4v) is 4.37. The van der Waals surface area contributed by atoms with Crippen LogP contribution in [0.4, 0.5) is 0 Å². The molecule has 0 unspecified atom stereocenters. The molecule has 0 radical (unpaired) electrons. The summed E-state index contributed by atoms with van der Waals surface area (Å²) in [7, 11) is 0. The van der Waals surface area contributed by atoms with Gasteiger partial charge in [0, 0.05) is 31.3 Å². The maximum Gasteiger partial charge on any atom is 0.226 e. The van der Waals surface area contributed by atoms with Gasteiger partial charge in [0.05, 0.1) is 0 Å². The second kappa shape index (κ2) is 8.05. The predicted molar refractivity (Wildman–Crippen MR) is 120 cm³/mol. The molecule has 5 heteroatoms. The monoisotopic (exact) mass is 403 g/mol. The molecule has 0 bridgehead atoms. The summed E-state index contributed by atoms with van der Waals surface area (Å²) in [6.07, 6.45) is 0. The molecule has 0 spiro atoms. The molecular formula is C23H18ClN3S. The quantitative estimate of drug-likeness (QED) is 0.311. The van der Waals surface area contributed by atoms with Crippen LogP contribution in [0.3, 0.4) is 0 Å². The van der Waals surface area contributed by atoms with E-state index in [4.69, 9.17) is 11.6 Å². The van der Waals surface area contributed by atoms with E-state index >= 15 is 0 Å². The van der Waals surface area contributed by atoms with E-state index in [0.29, 0.717) is 11.6 Å². The van der Waals surface area contributed by atoms with E-state index in [9.17, 15) is 0 Å². The molecule has 0 aliphatic rings. The minimum Gasteiger partial charge on any atom is -0.208 e. The third-order valence-electron chi connectivity index (χ3n) is 4.28. The van der Waals surface area contributed by atoms with E-state index in [1.165, 1.54) is 20.2 Å². The van der Waals surface area contributed by atoms with E-state index in [1.807, 2.05) is 50.2 Å². The average molecular weight is 404 g/mol. The number of hydrogen-bond acceptors (Lipinski definition) is 4. The van der Waals surface area contributed by atoms with Gasteiger partial charge in [-0.05, 0) is 23.7 Å². The lowest BCUT2D eigenvalue weighted by Gasteiger charge is -2.05. The number of benzene rings is 3. The molecule has 0 fully saturated rings. The maximum absolute atomic E-state index is 6.17. The fraction of sp³-hybridized carbons (Fsp3) is 0.0870. The van der Waals surface area contributed by atoms with Crippen molar-refractivity contribution in [1.82, 2.24) is 15.0 Å². The van der Waals surface area contributed by atoms with Gasteiger partial charge in [-0.15, -0.1) is 11.3 Å². The Kier molecular flexibility index (Phi) is 5.33. The van der Waals surface area contributed by atoms with Gasteiger partial charge in [-0.25, -0.2) is 4.98 Å². The molecule has 0 amide bonds. The lowest BCUT2D eigenvalue weighted by molar-refractivity contribution is 1.07. The third kappa shape index (κ3) is 3.49.